The fraction of sp³-hybridized carbons (Fsp3) is 0.588. The summed E-state index contributed by atoms with van der Waals surface area (Å²) < 4.78 is 29.6. The monoisotopic (exact) mass is 342 g/mol. The Morgan fingerprint density at radius 2 is 2.04 bits per heavy atom. The van der Waals surface area contributed by atoms with Crippen LogP contribution >= 0.6 is 0 Å². The number of alkyl halides is 2. The Kier molecular flexibility index (Phi) is 9.07. The fourth-order valence-electron chi connectivity index (χ4n) is 2.07. The molecule has 5 nitrogen and oxygen atoms in total. The lowest BCUT2D eigenvalue weighted by atomic mass is 10.1. The van der Waals surface area contributed by atoms with Gasteiger partial charge < -0.3 is 20.3 Å². The summed E-state index contributed by atoms with van der Waals surface area (Å²) in [4.78, 5) is 6.65. The quantitative estimate of drug-likeness (QED) is 0.535. The molecule has 0 spiro atoms. The molecule has 1 aromatic carbocycles. The van der Waals surface area contributed by atoms with Crippen LogP contribution in [-0.4, -0.2) is 50.7 Å². The van der Waals surface area contributed by atoms with Crippen molar-refractivity contribution in [2.24, 2.45) is 4.99 Å². The third-order valence-electron chi connectivity index (χ3n) is 3.51. The minimum atomic E-state index is -2.84. The number of hydrogen-bond acceptors (Lipinski definition) is 3. The molecule has 1 rings (SSSR count). The number of aryl methyl sites for hydroxylation is 1. The van der Waals surface area contributed by atoms with Gasteiger partial charge in [0.25, 0.3) is 0 Å². The van der Waals surface area contributed by atoms with Crippen LogP contribution in [0.4, 0.5) is 8.78 Å². The van der Waals surface area contributed by atoms with Crippen molar-refractivity contribution in [2.75, 3.05) is 33.2 Å². The fourth-order valence-corrected chi connectivity index (χ4v) is 2.07. The molecule has 0 amide bonds. The van der Waals surface area contributed by atoms with Gasteiger partial charge in [0, 0.05) is 25.2 Å². The van der Waals surface area contributed by atoms with Crippen molar-refractivity contribution in [3.8, 4) is 5.75 Å². The smallest absolute Gasteiger partial charge is 0.387 e. The van der Waals surface area contributed by atoms with Crippen LogP contribution < -0.4 is 15.4 Å². The van der Waals surface area contributed by atoms with E-state index in [9.17, 15) is 8.78 Å². The van der Waals surface area contributed by atoms with E-state index in [1.807, 2.05) is 27.0 Å². The number of nitrogens with one attached hydrogen (secondary N) is 2. The number of likely N-dealkylation sites (N-methyl/N-ethyl adjacent to an activating group) is 1. The predicted molar refractivity (Wildman–Crippen MR) is 93.8 cm³/mol. The second-order valence-electron chi connectivity index (χ2n) is 5.51. The zero-order valence-electron chi connectivity index (χ0n) is 14.9. The van der Waals surface area contributed by atoms with Crippen LogP contribution in [0.15, 0.2) is 23.2 Å². The maximum Gasteiger partial charge on any atom is 0.387 e. The lowest BCUT2D eigenvalue weighted by Crippen LogP contribution is -2.40. The first-order valence-corrected chi connectivity index (χ1v) is 8.21. The van der Waals surface area contributed by atoms with Crippen molar-refractivity contribution in [3.05, 3.63) is 29.3 Å². The summed E-state index contributed by atoms with van der Waals surface area (Å²) >= 11 is 0. The van der Waals surface area contributed by atoms with Crippen molar-refractivity contribution in [1.82, 2.24) is 15.5 Å². The highest BCUT2D eigenvalue weighted by molar-refractivity contribution is 5.79. The maximum atomic E-state index is 12.5. The molecule has 7 heteroatoms. The second kappa shape index (κ2) is 10.8. The molecule has 0 saturated carbocycles. The number of aliphatic imine (C=N–C) groups is 1. The SMILES string of the molecule is CCNC(=NCc1cc(C)ccc1OC(F)F)NCCN(C)CC. The predicted octanol–water partition coefficient (Wildman–Crippen LogP) is 2.60. The number of rotatable bonds is 9. The van der Waals surface area contributed by atoms with E-state index in [1.54, 1.807) is 12.1 Å². The van der Waals surface area contributed by atoms with Gasteiger partial charge in [0.2, 0.25) is 0 Å². The number of ether oxygens (including phenoxy) is 1. The molecule has 0 aliphatic carbocycles. The molecular formula is C17H28F2N4O. The maximum absolute atomic E-state index is 12.5. The minimum Gasteiger partial charge on any atom is -0.434 e. The van der Waals surface area contributed by atoms with Gasteiger partial charge in [-0.25, -0.2) is 4.99 Å². The summed E-state index contributed by atoms with van der Waals surface area (Å²) in [5, 5.41) is 6.39. The molecule has 0 heterocycles. The molecular weight excluding hydrogens is 314 g/mol. The molecule has 0 radical (unpaired) electrons. The van der Waals surface area contributed by atoms with E-state index in [0.717, 1.165) is 31.7 Å². The van der Waals surface area contributed by atoms with Crippen molar-refractivity contribution in [2.45, 2.75) is 33.9 Å². The first-order valence-electron chi connectivity index (χ1n) is 8.21. The Morgan fingerprint density at radius 3 is 2.67 bits per heavy atom. The molecule has 0 aromatic heterocycles. The first-order chi connectivity index (χ1) is 11.5. The van der Waals surface area contributed by atoms with Gasteiger partial charge in [0.05, 0.1) is 6.54 Å². The molecule has 2 N–H and O–H groups in total. The third-order valence-corrected chi connectivity index (χ3v) is 3.51. The van der Waals surface area contributed by atoms with E-state index in [-0.39, 0.29) is 12.3 Å². The lowest BCUT2D eigenvalue weighted by Gasteiger charge is -2.16. The number of guanidine groups is 1. The highest BCUT2D eigenvalue weighted by atomic mass is 19.3. The van der Waals surface area contributed by atoms with Crippen molar-refractivity contribution < 1.29 is 13.5 Å². The molecule has 0 aliphatic heterocycles. The molecule has 0 bridgehead atoms. The van der Waals surface area contributed by atoms with E-state index >= 15 is 0 Å². The topological polar surface area (TPSA) is 48.9 Å². The van der Waals surface area contributed by atoms with Crippen LogP contribution in [0.25, 0.3) is 0 Å². The van der Waals surface area contributed by atoms with Crippen LogP contribution in [-0.2, 0) is 6.54 Å². The standard InChI is InChI=1S/C17H28F2N4O/c1-5-20-17(21-9-10-23(4)6-2)22-12-14-11-13(3)7-8-15(14)24-16(18)19/h7-8,11,16H,5-6,9-10,12H2,1-4H3,(H2,20,21,22). The Hall–Kier alpha value is -1.89. The van der Waals surface area contributed by atoms with Crippen LogP contribution in [0, 0.1) is 6.92 Å². The Bertz CT molecular complexity index is 523. The molecule has 0 atom stereocenters. The zero-order valence-corrected chi connectivity index (χ0v) is 14.9. The van der Waals surface area contributed by atoms with Crippen molar-refractivity contribution in [1.29, 1.82) is 0 Å². The average molecular weight is 342 g/mol. The van der Waals surface area contributed by atoms with Gasteiger partial charge in [-0.3, -0.25) is 0 Å². The van der Waals surface area contributed by atoms with E-state index in [0.29, 0.717) is 11.5 Å². The molecule has 24 heavy (non-hydrogen) atoms. The van der Waals surface area contributed by atoms with Gasteiger partial charge in [0.1, 0.15) is 5.75 Å². The van der Waals surface area contributed by atoms with Crippen LogP contribution in [0.1, 0.15) is 25.0 Å². The Balaban J connectivity index is 2.75. The normalized spacial score (nSPS) is 11.9. The van der Waals surface area contributed by atoms with Gasteiger partial charge in [-0.15, -0.1) is 0 Å². The number of hydrogen-bond donors (Lipinski definition) is 2. The van der Waals surface area contributed by atoms with Crippen molar-refractivity contribution in [3.63, 3.8) is 0 Å². The van der Waals surface area contributed by atoms with Gasteiger partial charge in [-0.1, -0.05) is 24.6 Å². The van der Waals surface area contributed by atoms with E-state index in [4.69, 9.17) is 0 Å². The zero-order chi connectivity index (χ0) is 17.9. The lowest BCUT2D eigenvalue weighted by molar-refractivity contribution is -0.0504. The van der Waals surface area contributed by atoms with E-state index in [2.05, 4.69) is 32.2 Å². The molecule has 136 valence electrons. The van der Waals surface area contributed by atoms with E-state index < -0.39 is 6.61 Å². The van der Waals surface area contributed by atoms with Gasteiger partial charge in [0.15, 0.2) is 5.96 Å². The molecule has 0 fully saturated rings. The molecule has 0 aliphatic rings. The Labute approximate surface area is 143 Å². The van der Waals surface area contributed by atoms with Crippen LogP contribution in [0.5, 0.6) is 5.75 Å². The van der Waals surface area contributed by atoms with Gasteiger partial charge >= 0.3 is 6.61 Å². The molecule has 0 saturated heterocycles. The summed E-state index contributed by atoms with van der Waals surface area (Å²) in [6.45, 7) is 6.76. The molecule has 0 unspecified atom stereocenters. The summed E-state index contributed by atoms with van der Waals surface area (Å²) in [6.07, 6.45) is 0. The van der Waals surface area contributed by atoms with Crippen LogP contribution in [0.2, 0.25) is 0 Å². The minimum absolute atomic E-state index is 0.168. The highest BCUT2D eigenvalue weighted by Gasteiger charge is 2.10. The summed E-state index contributed by atoms with van der Waals surface area (Å²) in [5.41, 5.74) is 1.61. The number of nitrogens with zero attached hydrogens (tertiary/aromatic N) is 2. The molecule has 1 aromatic rings. The highest BCUT2D eigenvalue weighted by Crippen LogP contribution is 2.22. The number of halogens is 2. The van der Waals surface area contributed by atoms with Crippen LogP contribution in [0.3, 0.4) is 0 Å². The summed E-state index contributed by atoms with van der Waals surface area (Å²) in [5.74, 6) is 0.826. The first kappa shape index (κ1) is 20.2. The second-order valence-corrected chi connectivity index (χ2v) is 5.51. The Morgan fingerprint density at radius 1 is 1.29 bits per heavy atom. The number of benzene rings is 1. The third kappa shape index (κ3) is 7.59. The summed E-state index contributed by atoms with van der Waals surface area (Å²) in [6, 6.07) is 5.12. The van der Waals surface area contributed by atoms with Crippen molar-refractivity contribution >= 4 is 5.96 Å². The van der Waals surface area contributed by atoms with E-state index in [1.165, 1.54) is 0 Å². The largest absolute Gasteiger partial charge is 0.434 e. The summed E-state index contributed by atoms with van der Waals surface area (Å²) in [7, 11) is 2.05. The average Bonchev–Trinajstić information content (AvgIpc) is 2.54. The van der Waals surface area contributed by atoms with Gasteiger partial charge in [-0.2, -0.15) is 8.78 Å². The van der Waals surface area contributed by atoms with Gasteiger partial charge in [-0.05, 0) is 33.5 Å².